The molecule has 0 fully saturated rings. The summed E-state index contributed by atoms with van der Waals surface area (Å²) in [4.78, 5) is 4.59. The maximum absolute atomic E-state index is 9.64. The Hall–Kier alpha value is -7.66. The fourth-order valence-electron chi connectivity index (χ4n) is 9.18. The van der Waals surface area contributed by atoms with Crippen LogP contribution in [0.2, 0.25) is 0 Å². The van der Waals surface area contributed by atoms with E-state index in [-0.39, 0.29) is 5.41 Å². The lowest BCUT2D eigenvalue weighted by atomic mass is 9.77. The molecule has 0 saturated carbocycles. The number of nitriles is 2. The summed E-state index contributed by atoms with van der Waals surface area (Å²) in [6.07, 6.45) is 0. The molecule has 0 atom stereocenters. The molecule has 0 radical (unpaired) electrons. The molecule has 0 spiro atoms. The van der Waals surface area contributed by atoms with Gasteiger partial charge in [-0.25, -0.2) is 0 Å². The summed E-state index contributed by atoms with van der Waals surface area (Å²) >= 11 is 0. The minimum atomic E-state index is -0.329. The van der Waals surface area contributed by atoms with E-state index in [9.17, 15) is 10.5 Å². The van der Waals surface area contributed by atoms with E-state index in [2.05, 4.69) is 157 Å². The highest BCUT2D eigenvalue weighted by molar-refractivity contribution is 6.21. The van der Waals surface area contributed by atoms with Gasteiger partial charge >= 0.3 is 0 Å². The molecule has 0 bridgehead atoms. The molecule has 4 nitrogen and oxygen atoms in total. The first-order chi connectivity index (χ1) is 28.0. The number of fused-ring (bicyclic) bond motifs is 10. The summed E-state index contributed by atoms with van der Waals surface area (Å²) in [5.74, 6) is 0. The largest absolute Gasteiger partial charge is 0.310 e. The lowest BCUT2D eigenvalue weighted by molar-refractivity contribution is 0.672. The lowest BCUT2D eigenvalue weighted by Crippen LogP contribution is -2.17. The van der Waals surface area contributed by atoms with E-state index in [1.165, 1.54) is 54.6 Å². The number of rotatable bonds is 6. The first-order valence-corrected chi connectivity index (χ1v) is 19.2. The zero-order valence-corrected chi connectivity index (χ0v) is 31.6. The average Bonchev–Trinajstić information content (AvgIpc) is 3.51. The summed E-state index contributed by atoms with van der Waals surface area (Å²) in [7, 11) is 0. The van der Waals surface area contributed by atoms with Crippen LogP contribution in [0.25, 0.3) is 43.4 Å². The van der Waals surface area contributed by atoms with Gasteiger partial charge in [-0.1, -0.05) is 105 Å². The monoisotopic (exact) mass is 728 g/mol. The molecule has 0 heterocycles. The first kappa shape index (κ1) is 33.9. The second-order valence-corrected chi connectivity index (χ2v) is 15.2. The van der Waals surface area contributed by atoms with Gasteiger partial charge in [-0.05, 0) is 140 Å². The predicted octanol–water partition coefficient (Wildman–Crippen LogP) is 14.1. The van der Waals surface area contributed by atoms with Crippen LogP contribution in [-0.4, -0.2) is 0 Å². The summed E-state index contributed by atoms with van der Waals surface area (Å²) in [5, 5.41) is 26.4. The molecule has 0 unspecified atom stereocenters. The normalized spacial score (nSPS) is 12.5. The molecule has 9 aromatic rings. The molecule has 0 amide bonds. The summed E-state index contributed by atoms with van der Waals surface area (Å²) in [5.41, 5.74) is 12.3. The Balaban J connectivity index is 1.25. The van der Waals surface area contributed by atoms with E-state index in [1.54, 1.807) is 0 Å². The predicted molar refractivity (Wildman–Crippen MR) is 235 cm³/mol. The standard InChI is InChI=1S/C53H36N4/c1-53(2)51-45-20-12-10-18-43(45)49(57(38-15-7-4-8-16-38)40-27-23-36(34-55)24-28-40)32-48(51)50-44-19-11-9-17-42(44)47-31-41(29-30-46(47)52(50)53)56(37-13-5-3-6-14-37)39-25-21-35(33-54)22-26-39/h3-32H,1-2H3. The first-order valence-electron chi connectivity index (χ1n) is 19.2. The van der Waals surface area contributed by atoms with Crippen molar-refractivity contribution in [2.75, 3.05) is 9.80 Å². The van der Waals surface area contributed by atoms with E-state index >= 15 is 0 Å². The highest BCUT2D eigenvalue weighted by Gasteiger charge is 2.41. The quantitative estimate of drug-likeness (QED) is 0.160. The molecule has 9 aromatic carbocycles. The Morgan fingerprint density at radius 1 is 0.386 bits per heavy atom. The Labute approximate surface area is 332 Å². The summed E-state index contributed by atoms with van der Waals surface area (Å²) < 4.78 is 0. The zero-order valence-electron chi connectivity index (χ0n) is 31.6. The van der Waals surface area contributed by atoms with Crippen LogP contribution in [0, 0.1) is 22.7 Å². The van der Waals surface area contributed by atoms with Crippen LogP contribution in [0.3, 0.4) is 0 Å². The summed E-state index contributed by atoms with van der Waals surface area (Å²) in [6.45, 7) is 4.77. The van der Waals surface area contributed by atoms with Gasteiger partial charge in [0, 0.05) is 39.2 Å². The molecular weight excluding hydrogens is 693 g/mol. The van der Waals surface area contributed by atoms with E-state index in [4.69, 9.17) is 0 Å². The highest BCUT2D eigenvalue weighted by atomic mass is 15.1. The van der Waals surface area contributed by atoms with Gasteiger partial charge in [-0.2, -0.15) is 10.5 Å². The van der Waals surface area contributed by atoms with Gasteiger partial charge in [-0.15, -0.1) is 0 Å². The molecule has 0 N–H and O–H groups in total. The van der Waals surface area contributed by atoms with Crippen molar-refractivity contribution in [3.05, 3.63) is 204 Å². The van der Waals surface area contributed by atoms with Crippen molar-refractivity contribution in [3.63, 3.8) is 0 Å². The lowest BCUT2D eigenvalue weighted by Gasteiger charge is -2.30. The van der Waals surface area contributed by atoms with Crippen molar-refractivity contribution < 1.29 is 0 Å². The minimum absolute atomic E-state index is 0.329. The van der Waals surface area contributed by atoms with Crippen LogP contribution in [0.5, 0.6) is 0 Å². The third-order valence-electron chi connectivity index (χ3n) is 11.6. The maximum Gasteiger partial charge on any atom is 0.0991 e. The Morgan fingerprint density at radius 2 is 0.842 bits per heavy atom. The Bertz CT molecular complexity index is 3100. The number of hydrogen-bond acceptors (Lipinski definition) is 4. The number of hydrogen-bond donors (Lipinski definition) is 0. The van der Waals surface area contributed by atoms with Crippen LogP contribution >= 0.6 is 0 Å². The van der Waals surface area contributed by atoms with E-state index in [0.717, 1.165) is 34.1 Å². The molecule has 0 saturated heterocycles. The second-order valence-electron chi connectivity index (χ2n) is 15.2. The van der Waals surface area contributed by atoms with Crippen LogP contribution < -0.4 is 9.80 Å². The number of anilines is 6. The van der Waals surface area contributed by atoms with Gasteiger partial charge in [0.15, 0.2) is 0 Å². The second kappa shape index (κ2) is 13.3. The fourth-order valence-corrected chi connectivity index (χ4v) is 9.18. The Kier molecular flexibility index (Phi) is 7.89. The number of para-hydroxylation sites is 2. The molecular formula is C53H36N4. The van der Waals surface area contributed by atoms with Crippen LogP contribution in [0.4, 0.5) is 34.1 Å². The van der Waals surface area contributed by atoms with Crippen molar-refractivity contribution in [2.24, 2.45) is 0 Å². The van der Waals surface area contributed by atoms with E-state index < -0.39 is 0 Å². The molecule has 4 heteroatoms. The van der Waals surface area contributed by atoms with Crippen molar-refractivity contribution in [3.8, 4) is 23.3 Å². The SMILES string of the molecule is CC1(C)c2c(cc(N(c3ccccc3)c3ccc(C#N)cc3)c3ccccc23)-c2c1c1ccc(N(c3ccccc3)c3ccc(C#N)cc3)cc1c1ccccc21. The molecule has 0 aliphatic heterocycles. The van der Waals surface area contributed by atoms with Gasteiger partial charge in [0.2, 0.25) is 0 Å². The van der Waals surface area contributed by atoms with Crippen molar-refractivity contribution >= 4 is 66.4 Å². The Morgan fingerprint density at radius 3 is 1.44 bits per heavy atom. The third-order valence-corrected chi connectivity index (χ3v) is 11.6. The highest BCUT2D eigenvalue weighted by Crippen LogP contribution is 2.58. The maximum atomic E-state index is 9.64. The average molecular weight is 729 g/mol. The molecule has 10 rings (SSSR count). The minimum Gasteiger partial charge on any atom is -0.310 e. The third kappa shape index (κ3) is 5.35. The molecule has 57 heavy (non-hydrogen) atoms. The molecule has 0 aromatic heterocycles. The number of nitrogens with zero attached hydrogens (tertiary/aromatic N) is 4. The van der Waals surface area contributed by atoms with Gasteiger partial charge in [0.25, 0.3) is 0 Å². The van der Waals surface area contributed by atoms with Gasteiger partial charge in [-0.3, -0.25) is 0 Å². The van der Waals surface area contributed by atoms with Crippen LogP contribution in [-0.2, 0) is 5.41 Å². The molecule has 268 valence electrons. The van der Waals surface area contributed by atoms with Gasteiger partial charge < -0.3 is 9.80 Å². The van der Waals surface area contributed by atoms with Crippen LogP contribution in [0.15, 0.2) is 182 Å². The topological polar surface area (TPSA) is 54.1 Å². The van der Waals surface area contributed by atoms with E-state index in [0.29, 0.717) is 11.1 Å². The zero-order chi connectivity index (χ0) is 38.7. The fraction of sp³-hybridized carbons (Fsp3) is 0.0566. The van der Waals surface area contributed by atoms with Crippen molar-refractivity contribution in [2.45, 2.75) is 19.3 Å². The van der Waals surface area contributed by atoms with Crippen LogP contribution in [0.1, 0.15) is 36.1 Å². The van der Waals surface area contributed by atoms with Gasteiger partial charge in [0.1, 0.15) is 0 Å². The summed E-state index contributed by atoms with van der Waals surface area (Å²) in [6, 6.07) is 68.1. The molecule has 1 aliphatic rings. The molecule has 1 aliphatic carbocycles. The number of benzene rings is 9. The van der Waals surface area contributed by atoms with Crippen molar-refractivity contribution in [1.29, 1.82) is 10.5 Å². The smallest absolute Gasteiger partial charge is 0.0991 e. The van der Waals surface area contributed by atoms with E-state index in [1.807, 2.05) is 60.7 Å². The van der Waals surface area contributed by atoms with Crippen molar-refractivity contribution in [1.82, 2.24) is 0 Å². The van der Waals surface area contributed by atoms with Gasteiger partial charge in [0.05, 0.1) is 29.0 Å².